The molecule has 0 bridgehead atoms. The van der Waals surface area contributed by atoms with Crippen LogP contribution in [0.25, 0.3) is 0 Å². The van der Waals surface area contributed by atoms with Crippen LogP contribution >= 0.6 is 0 Å². The van der Waals surface area contributed by atoms with Crippen LogP contribution in [0.4, 0.5) is 17.6 Å². The second-order valence-electron chi connectivity index (χ2n) is 5.95. The van der Waals surface area contributed by atoms with Gasteiger partial charge in [0.25, 0.3) is 12.9 Å². The van der Waals surface area contributed by atoms with Gasteiger partial charge in [0, 0.05) is 17.8 Å². The lowest BCUT2D eigenvalue weighted by molar-refractivity contribution is -0.125. The molecule has 0 fully saturated rings. The molecule has 0 aliphatic heterocycles. The maximum atomic E-state index is 13.1. The predicted octanol–water partition coefficient (Wildman–Crippen LogP) is 3.72. The van der Waals surface area contributed by atoms with Crippen LogP contribution in [0, 0.1) is 6.92 Å². The smallest absolute Gasteiger partial charge is 0.282 e. The molecule has 2 atom stereocenters. The topological polar surface area (TPSA) is 64.7 Å². The fourth-order valence-corrected chi connectivity index (χ4v) is 2.74. The van der Waals surface area contributed by atoms with E-state index in [4.69, 9.17) is 0 Å². The monoisotopic (exact) mass is 375 g/mol. The Morgan fingerprint density at radius 3 is 2.38 bits per heavy atom. The number of aromatic nitrogens is 4. The van der Waals surface area contributed by atoms with Crippen LogP contribution in [0.15, 0.2) is 12.3 Å². The molecule has 6 nitrogen and oxygen atoms in total. The van der Waals surface area contributed by atoms with Gasteiger partial charge in [-0.25, -0.2) is 17.6 Å². The molecule has 144 valence electrons. The van der Waals surface area contributed by atoms with E-state index in [9.17, 15) is 22.4 Å². The van der Waals surface area contributed by atoms with Gasteiger partial charge in [0.05, 0.1) is 12.2 Å². The van der Waals surface area contributed by atoms with Crippen LogP contribution in [0.2, 0.25) is 0 Å². The molecule has 0 saturated heterocycles. The van der Waals surface area contributed by atoms with Crippen LogP contribution in [-0.2, 0) is 11.3 Å². The third kappa shape index (κ3) is 3.88. The van der Waals surface area contributed by atoms with Crippen LogP contribution in [0.3, 0.4) is 0 Å². The van der Waals surface area contributed by atoms with Crippen molar-refractivity contribution in [1.29, 1.82) is 0 Å². The van der Waals surface area contributed by atoms with E-state index in [1.165, 1.54) is 6.92 Å². The highest BCUT2D eigenvalue weighted by atomic mass is 19.3. The fourth-order valence-electron chi connectivity index (χ4n) is 2.74. The lowest BCUT2D eigenvalue weighted by atomic mass is 10.1. The molecule has 10 heteroatoms. The van der Waals surface area contributed by atoms with Gasteiger partial charge < -0.3 is 5.32 Å². The predicted molar refractivity (Wildman–Crippen MR) is 86.0 cm³/mol. The summed E-state index contributed by atoms with van der Waals surface area (Å²) in [5.41, 5.74) is 0.161. The van der Waals surface area contributed by atoms with Gasteiger partial charge in [-0.1, -0.05) is 0 Å². The lowest BCUT2D eigenvalue weighted by Gasteiger charge is -2.19. The second kappa shape index (κ2) is 7.88. The summed E-state index contributed by atoms with van der Waals surface area (Å²) in [6, 6.07) is -0.973. The standard InChI is InChI=1S/C16H21F4N5O/c1-5-24-9(3)11(7-21-24)8(2)22-16(26)10(4)25-13(15(19)20)6-12(23-25)14(17)18/h6-8,10,14-15H,5H2,1-4H3,(H,22,26). The van der Waals surface area contributed by atoms with Crippen molar-refractivity contribution < 1.29 is 22.4 Å². The minimum atomic E-state index is -3.02. The maximum absolute atomic E-state index is 13.1. The number of nitrogens with one attached hydrogen (secondary N) is 1. The molecule has 2 heterocycles. The van der Waals surface area contributed by atoms with Crippen molar-refractivity contribution in [3.8, 4) is 0 Å². The van der Waals surface area contributed by atoms with E-state index in [-0.39, 0.29) is 0 Å². The third-order valence-corrected chi connectivity index (χ3v) is 4.24. The molecule has 2 aromatic heterocycles. The molecular weight excluding hydrogens is 354 g/mol. The molecule has 0 spiro atoms. The van der Waals surface area contributed by atoms with Crippen molar-refractivity contribution in [2.24, 2.45) is 0 Å². The van der Waals surface area contributed by atoms with E-state index < -0.39 is 42.2 Å². The Morgan fingerprint density at radius 1 is 1.23 bits per heavy atom. The molecule has 0 aliphatic rings. The first kappa shape index (κ1) is 19.9. The summed E-state index contributed by atoms with van der Waals surface area (Å²) in [5.74, 6) is -0.605. The zero-order chi connectivity index (χ0) is 19.6. The summed E-state index contributed by atoms with van der Waals surface area (Å²) in [6.07, 6.45) is -4.39. The Morgan fingerprint density at radius 2 is 1.88 bits per heavy atom. The quantitative estimate of drug-likeness (QED) is 0.750. The number of nitrogens with zero attached hydrogens (tertiary/aromatic N) is 4. The zero-order valence-electron chi connectivity index (χ0n) is 14.9. The average Bonchev–Trinajstić information content (AvgIpc) is 3.17. The highest BCUT2D eigenvalue weighted by Gasteiger charge is 2.28. The van der Waals surface area contributed by atoms with E-state index in [1.54, 1.807) is 17.8 Å². The Kier molecular flexibility index (Phi) is 6.04. The van der Waals surface area contributed by atoms with Gasteiger partial charge in [-0.2, -0.15) is 10.2 Å². The molecule has 1 N–H and O–H groups in total. The Hall–Kier alpha value is -2.39. The van der Waals surface area contributed by atoms with Gasteiger partial charge in [0.1, 0.15) is 17.4 Å². The SMILES string of the molecule is CCn1ncc(C(C)NC(=O)C(C)n2nc(C(F)F)cc2C(F)F)c1C. The first-order valence-electron chi connectivity index (χ1n) is 8.15. The van der Waals surface area contributed by atoms with Crippen LogP contribution in [-0.4, -0.2) is 25.5 Å². The maximum Gasteiger partial charge on any atom is 0.282 e. The van der Waals surface area contributed by atoms with Gasteiger partial charge >= 0.3 is 0 Å². The summed E-state index contributed by atoms with van der Waals surface area (Å²) >= 11 is 0. The minimum absolute atomic E-state index is 0.426. The number of alkyl halides is 4. The Bertz CT molecular complexity index is 771. The molecule has 26 heavy (non-hydrogen) atoms. The number of aryl methyl sites for hydroxylation is 1. The van der Waals surface area contributed by atoms with Gasteiger partial charge in [0.15, 0.2) is 0 Å². The number of carbonyl (C=O) groups excluding carboxylic acids is 1. The molecule has 0 aliphatic carbocycles. The lowest BCUT2D eigenvalue weighted by Crippen LogP contribution is -2.34. The molecule has 2 unspecified atom stereocenters. The number of rotatable bonds is 7. The van der Waals surface area contributed by atoms with Crippen molar-refractivity contribution in [2.45, 2.75) is 59.2 Å². The van der Waals surface area contributed by atoms with Crippen molar-refractivity contribution >= 4 is 5.91 Å². The van der Waals surface area contributed by atoms with E-state index in [1.807, 2.05) is 13.8 Å². The minimum Gasteiger partial charge on any atom is -0.348 e. The largest absolute Gasteiger partial charge is 0.348 e. The van der Waals surface area contributed by atoms with Gasteiger partial charge in [-0.15, -0.1) is 0 Å². The fraction of sp³-hybridized carbons (Fsp3) is 0.562. The molecule has 0 aromatic carbocycles. The number of hydrogen-bond donors (Lipinski definition) is 1. The molecular formula is C16H21F4N5O. The number of carbonyl (C=O) groups is 1. The highest BCUT2D eigenvalue weighted by Crippen LogP contribution is 2.28. The number of hydrogen-bond acceptors (Lipinski definition) is 3. The normalized spacial score (nSPS) is 14.1. The third-order valence-electron chi connectivity index (χ3n) is 4.24. The molecule has 1 amide bonds. The number of amides is 1. The van der Waals surface area contributed by atoms with E-state index >= 15 is 0 Å². The van der Waals surface area contributed by atoms with Crippen molar-refractivity contribution in [1.82, 2.24) is 24.9 Å². The molecule has 2 rings (SSSR count). The first-order valence-corrected chi connectivity index (χ1v) is 8.15. The number of halogens is 4. The summed E-state index contributed by atoms with van der Waals surface area (Å²) in [6.45, 7) is 7.52. The van der Waals surface area contributed by atoms with Crippen LogP contribution in [0.1, 0.15) is 68.4 Å². The molecule has 0 saturated carbocycles. The van der Waals surface area contributed by atoms with Gasteiger partial charge in [-0.05, 0) is 33.8 Å². The van der Waals surface area contributed by atoms with Gasteiger partial charge in [0.2, 0.25) is 5.91 Å². The summed E-state index contributed by atoms with van der Waals surface area (Å²) < 4.78 is 54.2. The summed E-state index contributed by atoms with van der Waals surface area (Å²) in [5, 5.41) is 10.4. The van der Waals surface area contributed by atoms with E-state index in [0.717, 1.165) is 11.3 Å². The van der Waals surface area contributed by atoms with Crippen molar-refractivity contribution in [3.05, 3.63) is 34.9 Å². The van der Waals surface area contributed by atoms with Crippen LogP contribution in [0.5, 0.6) is 0 Å². The van der Waals surface area contributed by atoms with Crippen molar-refractivity contribution in [2.75, 3.05) is 0 Å². The Labute approximate surface area is 148 Å². The zero-order valence-corrected chi connectivity index (χ0v) is 14.9. The highest BCUT2D eigenvalue weighted by molar-refractivity contribution is 5.80. The van der Waals surface area contributed by atoms with E-state index in [0.29, 0.717) is 17.3 Å². The average molecular weight is 375 g/mol. The van der Waals surface area contributed by atoms with Gasteiger partial charge in [-0.3, -0.25) is 14.2 Å². The first-order chi connectivity index (χ1) is 12.2. The molecule has 0 radical (unpaired) electrons. The summed E-state index contributed by atoms with van der Waals surface area (Å²) in [7, 11) is 0. The summed E-state index contributed by atoms with van der Waals surface area (Å²) in [4.78, 5) is 12.4. The molecule has 2 aromatic rings. The Balaban J connectivity index is 2.20. The van der Waals surface area contributed by atoms with Crippen LogP contribution < -0.4 is 5.32 Å². The van der Waals surface area contributed by atoms with E-state index in [2.05, 4.69) is 15.5 Å². The second-order valence-corrected chi connectivity index (χ2v) is 5.95. The van der Waals surface area contributed by atoms with Crippen molar-refractivity contribution in [3.63, 3.8) is 0 Å².